The van der Waals surface area contributed by atoms with Gasteiger partial charge in [-0.05, 0) is 38.8 Å². The Bertz CT molecular complexity index is 758. The van der Waals surface area contributed by atoms with Crippen LogP contribution in [0.5, 0.6) is 5.75 Å². The number of hydrogen-bond acceptors (Lipinski definition) is 5. The number of fused-ring (bicyclic) bond motifs is 1. The highest BCUT2D eigenvalue weighted by Gasteiger charge is 2.46. The maximum absolute atomic E-state index is 13.3. The lowest BCUT2D eigenvalue weighted by atomic mass is 9.92. The zero-order chi connectivity index (χ0) is 17.5. The van der Waals surface area contributed by atoms with E-state index in [9.17, 15) is 4.79 Å². The maximum Gasteiger partial charge on any atom is 0.271 e. The lowest BCUT2D eigenvalue weighted by molar-refractivity contribution is -0.136. The van der Waals surface area contributed by atoms with Gasteiger partial charge in [-0.3, -0.25) is 9.69 Å². The molecule has 1 aromatic heterocycles. The second-order valence-electron chi connectivity index (χ2n) is 6.19. The quantitative estimate of drug-likeness (QED) is 0.870. The number of carbonyl (C=O) groups excluding carboxylic acids is 1. The van der Waals surface area contributed by atoms with Crippen molar-refractivity contribution in [3.8, 4) is 5.75 Å². The van der Waals surface area contributed by atoms with E-state index in [4.69, 9.17) is 15.0 Å². The van der Waals surface area contributed by atoms with Crippen molar-refractivity contribution < 1.29 is 14.1 Å². The first kappa shape index (κ1) is 16.4. The number of para-hydroxylation sites is 1. The highest BCUT2D eigenvalue weighted by Crippen LogP contribution is 2.44. The average molecular weight is 329 g/mol. The monoisotopic (exact) mass is 329 g/mol. The Morgan fingerprint density at radius 3 is 2.54 bits per heavy atom. The van der Waals surface area contributed by atoms with Crippen LogP contribution in [0.1, 0.15) is 43.7 Å². The summed E-state index contributed by atoms with van der Waals surface area (Å²) in [6.07, 6.45) is 1.18. The van der Waals surface area contributed by atoms with Crippen LogP contribution in [0.4, 0.5) is 11.4 Å². The Labute approximate surface area is 141 Å². The van der Waals surface area contributed by atoms with Gasteiger partial charge in [-0.25, -0.2) is 0 Å². The van der Waals surface area contributed by atoms with Crippen molar-refractivity contribution >= 4 is 17.3 Å². The standard InChI is InChI=1S/C18H23N3O3/c1-5-18(6-2)17(22)21(10-13-11(3)20-24-12(13)4)16-14(19)8-7-9-15(16)23-18/h7-9H,5-6,10,19H2,1-4H3. The molecule has 2 aromatic rings. The second kappa shape index (κ2) is 5.85. The smallest absolute Gasteiger partial charge is 0.271 e. The van der Waals surface area contributed by atoms with Crippen molar-refractivity contribution in [3.63, 3.8) is 0 Å². The first-order valence-electron chi connectivity index (χ1n) is 8.24. The third-order valence-corrected chi connectivity index (χ3v) is 4.88. The highest BCUT2D eigenvalue weighted by molar-refractivity contribution is 6.05. The number of aryl methyl sites for hydroxylation is 2. The third-order valence-electron chi connectivity index (χ3n) is 4.88. The number of anilines is 2. The Kier molecular flexibility index (Phi) is 3.99. The van der Waals surface area contributed by atoms with Gasteiger partial charge in [0.15, 0.2) is 5.60 Å². The number of hydrogen-bond donors (Lipinski definition) is 1. The van der Waals surface area contributed by atoms with Crippen LogP contribution in [0.2, 0.25) is 0 Å². The first-order valence-corrected chi connectivity index (χ1v) is 8.24. The van der Waals surface area contributed by atoms with Gasteiger partial charge in [-0.1, -0.05) is 25.1 Å². The normalized spacial score (nSPS) is 16.0. The van der Waals surface area contributed by atoms with E-state index >= 15 is 0 Å². The van der Waals surface area contributed by atoms with Gasteiger partial charge in [0.25, 0.3) is 5.91 Å². The van der Waals surface area contributed by atoms with Crippen LogP contribution in [0, 0.1) is 13.8 Å². The molecule has 128 valence electrons. The highest BCUT2D eigenvalue weighted by atomic mass is 16.5. The molecule has 1 aromatic carbocycles. The van der Waals surface area contributed by atoms with Gasteiger partial charge in [0, 0.05) is 5.56 Å². The zero-order valence-corrected chi connectivity index (χ0v) is 14.5. The number of rotatable bonds is 4. The molecule has 6 heteroatoms. The summed E-state index contributed by atoms with van der Waals surface area (Å²) in [7, 11) is 0. The van der Waals surface area contributed by atoms with E-state index < -0.39 is 5.60 Å². The first-order chi connectivity index (χ1) is 11.4. The van der Waals surface area contributed by atoms with Crippen LogP contribution in [0.15, 0.2) is 22.7 Å². The molecule has 0 atom stereocenters. The van der Waals surface area contributed by atoms with E-state index in [2.05, 4.69) is 5.16 Å². The van der Waals surface area contributed by atoms with Gasteiger partial charge in [0.2, 0.25) is 0 Å². The number of benzene rings is 1. The van der Waals surface area contributed by atoms with E-state index in [-0.39, 0.29) is 5.91 Å². The van der Waals surface area contributed by atoms with Crippen LogP contribution < -0.4 is 15.4 Å². The van der Waals surface area contributed by atoms with Crippen LogP contribution in [0.3, 0.4) is 0 Å². The molecule has 0 aliphatic carbocycles. The molecule has 0 unspecified atom stereocenters. The maximum atomic E-state index is 13.3. The van der Waals surface area contributed by atoms with Crippen molar-refractivity contribution in [1.29, 1.82) is 0 Å². The fourth-order valence-corrected chi connectivity index (χ4v) is 3.25. The predicted molar refractivity (Wildman–Crippen MR) is 92.0 cm³/mol. The van der Waals surface area contributed by atoms with Crippen LogP contribution in [-0.4, -0.2) is 16.7 Å². The van der Waals surface area contributed by atoms with Crippen LogP contribution >= 0.6 is 0 Å². The van der Waals surface area contributed by atoms with Gasteiger partial charge in [-0.15, -0.1) is 0 Å². The van der Waals surface area contributed by atoms with E-state index in [1.165, 1.54) is 0 Å². The van der Waals surface area contributed by atoms with Gasteiger partial charge < -0.3 is 15.0 Å². The molecule has 0 spiro atoms. The number of nitrogens with two attached hydrogens (primary N) is 1. The predicted octanol–water partition coefficient (Wildman–Crippen LogP) is 3.36. The SMILES string of the molecule is CCC1(CC)Oc2cccc(N)c2N(Cc2c(C)noc2C)C1=O. The van der Waals surface area contributed by atoms with Crippen molar-refractivity contribution in [1.82, 2.24) is 5.16 Å². The Morgan fingerprint density at radius 2 is 1.96 bits per heavy atom. The van der Waals surface area contributed by atoms with E-state index in [0.29, 0.717) is 42.3 Å². The molecule has 24 heavy (non-hydrogen) atoms. The lowest BCUT2D eigenvalue weighted by Crippen LogP contribution is -2.55. The molecular weight excluding hydrogens is 306 g/mol. The third kappa shape index (κ3) is 2.33. The number of carbonyl (C=O) groups is 1. The summed E-state index contributed by atoms with van der Waals surface area (Å²) < 4.78 is 11.4. The number of ether oxygens (including phenoxy) is 1. The molecule has 0 fully saturated rings. The zero-order valence-electron chi connectivity index (χ0n) is 14.5. The molecule has 0 saturated heterocycles. The molecule has 6 nitrogen and oxygen atoms in total. The molecule has 0 radical (unpaired) electrons. The molecule has 0 saturated carbocycles. The van der Waals surface area contributed by atoms with Crippen LogP contribution in [0.25, 0.3) is 0 Å². The topological polar surface area (TPSA) is 81.6 Å². The second-order valence-corrected chi connectivity index (χ2v) is 6.19. The molecule has 2 N–H and O–H groups in total. The molecule has 2 heterocycles. The molecule has 1 aliphatic heterocycles. The fourth-order valence-electron chi connectivity index (χ4n) is 3.25. The minimum atomic E-state index is -0.861. The lowest BCUT2D eigenvalue weighted by Gasteiger charge is -2.42. The number of nitrogen functional groups attached to an aromatic ring is 1. The Hall–Kier alpha value is -2.50. The molecule has 0 bridgehead atoms. The average Bonchev–Trinajstić information content (AvgIpc) is 2.89. The van der Waals surface area contributed by atoms with Gasteiger partial charge in [0.05, 0.1) is 17.9 Å². The van der Waals surface area contributed by atoms with Crippen molar-refractivity contribution in [2.45, 2.75) is 52.7 Å². The summed E-state index contributed by atoms with van der Waals surface area (Å²) in [5.74, 6) is 1.28. The van der Waals surface area contributed by atoms with Crippen molar-refractivity contribution in [2.24, 2.45) is 0 Å². The van der Waals surface area contributed by atoms with Gasteiger partial charge in [0.1, 0.15) is 17.2 Å². The largest absolute Gasteiger partial charge is 0.475 e. The molecular formula is C18H23N3O3. The van der Waals surface area contributed by atoms with Crippen molar-refractivity contribution in [3.05, 3.63) is 35.2 Å². The van der Waals surface area contributed by atoms with Crippen LogP contribution in [-0.2, 0) is 11.3 Å². The number of amides is 1. The summed E-state index contributed by atoms with van der Waals surface area (Å²) in [4.78, 5) is 15.0. The number of nitrogens with zero attached hydrogens (tertiary/aromatic N) is 2. The number of aromatic nitrogens is 1. The van der Waals surface area contributed by atoms with Gasteiger partial charge >= 0.3 is 0 Å². The summed E-state index contributed by atoms with van der Waals surface area (Å²) in [6, 6.07) is 5.48. The molecule has 1 amide bonds. The summed E-state index contributed by atoms with van der Waals surface area (Å²) in [5, 5.41) is 3.99. The summed E-state index contributed by atoms with van der Waals surface area (Å²) in [5.41, 5.74) is 8.13. The fraction of sp³-hybridized carbons (Fsp3) is 0.444. The van der Waals surface area contributed by atoms with Gasteiger partial charge in [-0.2, -0.15) is 0 Å². The molecule has 3 rings (SSSR count). The Balaban J connectivity index is 2.13. The Morgan fingerprint density at radius 1 is 1.25 bits per heavy atom. The minimum absolute atomic E-state index is 0.0714. The summed E-state index contributed by atoms with van der Waals surface area (Å²) in [6.45, 7) is 8.02. The van der Waals surface area contributed by atoms with E-state index in [1.807, 2.05) is 39.8 Å². The van der Waals surface area contributed by atoms with Crippen molar-refractivity contribution in [2.75, 3.05) is 10.6 Å². The van der Waals surface area contributed by atoms with E-state index in [0.717, 1.165) is 11.3 Å². The molecule has 1 aliphatic rings. The summed E-state index contributed by atoms with van der Waals surface area (Å²) >= 11 is 0. The minimum Gasteiger partial charge on any atom is -0.475 e. The van der Waals surface area contributed by atoms with E-state index in [1.54, 1.807) is 11.0 Å².